The summed E-state index contributed by atoms with van der Waals surface area (Å²) in [6, 6.07) is 0.278. The summed E-state index contributed by atoms with van der Waals surface area (Å²) in [5.74, 6) is 0. The smallest absolute Gasteiger partial charge is 0.113 e. The minimum atomic E-state index is 0.129. The van der Waals surface area contributed by atoms with E-state index in [1.807, 2.05) is 0 Å². The summed E-state index contributed by atoms with van der Waals surface area (Å²) in [5, 5.41) is 13.4. The third-order valence-corrected chi connectivity index (χ3v) is 3.60. The van der Waals surface area contributed by atoms with Crippen LogP contribution in [-0.2, 0) is 6.54 Å². The standard InChI is InChI=1S/C11H19ClN2OS/c1-11(2,3)8(4-5-15)13-7-10-14-6-9(12)16-10/h6,8,13,15H,4-5,7H2,1-3H3. The monoisotopic (exact) mass is 262 g/mol. The Bertz CT molecular complexity index is 322. The van der Waals surface area contributed by atoms with Crippen LogP contribution in [-0.4, -0.2) is 22.7 Å². The van der Waals surface area contributed by atoms with E-state index in [-0.39, 0.29) is 18.1 Å². The van der Waals surface area contributed by atoms with Gasteiger partial charge in [-0.05, 0) is 11.8 Å². The summed E-state index contributed by atoms with van der Waals surface area (Å²) >= 11 is 7.30. The molecule has 0 spiro atoms. The van der Waals surface area contributed by atoms with E-state index in [2.05, 4.69) is 31.1 Å². The largest absolute Gasteiger partial charge is 0.396 e. The summed E-state index contributed by atoms with van der Waals surface area (Å²) in [6.45, 7) is 7.40. The fourth-order valence-corrected chi connectivity index (χ4v) is 2.46. The lowest BCUT2D eigenvalue weighted by atomic mass is 9.85. The van der Waals surface area contributed by atoms with Crippen molar-refractivity contribution in [2.24, 2.45) is 5.41 Å². The van der Waals surface area contributed by atoms with Crippen LogP contribution in [0.2, 0.25) is 4.34 Å². The van der Waals surface area contributed by atoms with Gasteiger partial charge in [-0.15, -0.1) is 11.3 Å². The zero-order valence-corrected chi connectivity index (χ0v) is 11.5. The maximum Gasteiger partial charge on any atom is 0.113 e. The number of nitrogens with one attached hydrogen (secondary N) is 1. The number of thiazole rings is 1. The van der Waals surface area contributed by atoms with Crippen LogP contribution in [0.15, 0.2) is 6.20 Å². The average molecular weight is 263 g/mol. The highest BCUT2D eigenvalue weighted by Gasteiger charge is 2.23. The topological polar surface area (TPSA) is 45.1 Å². The molecule has 1 unspecified atom stereocenters. The maximum atomic E-state index is 9.03. The van der Waals surface area contributed by atoms with Gasteiger partial charge in [-0.1, -0.05) is 32.4 Å². The second kappa shape index (κ2) is 5.96. The number of hydrogen-bond acceptors (Lipinski definition) is 4. The molecule has 0 aliphatic heterocycles. The molecule has 0 radical (unpaired) electrons. The van der Waals surface area contributed by atoms with Crippen LogP contribution < -0.4 is 5.32 Å². The molecule has 0 aromatic carbocycles. The van der Waals surface area contributed by atoms with Crippen molar-refractivity contribution in [2.75, 3.05) is 6.61 Å². The highest BCUT2D eigenvalue weighted by atomic mass is 35.5. The molecule has 16 heavy (non-hydrogen) atoms. The van der Waals surface area contributed by atoms with Crippen molar-refractivity contribution in [3.8, 4) is 0 Å². The average Bonchev–Trinajstić information content (AvgIpc) is 2.57. The summed E-state index contributed by atoms with van der Waals surface area (Å²) < 4.78 is 0.714. The molecule has 1 aromatic heterocycles. The van der Waals surface area contributed by atoms with Crippen LogP contribution >= 0.6 is 22.9 Å². The summed E-state index contributed by atoms with van der Waals surface area (Å²) in [4.78, 5) is 4.19. The maximum absolute atomic E-state index is 9.03. The van der Waals surface area contributed by atoms with E-state index in [4.69, 9.17) is 16.7 Å². The number of rotatable bonds is 5. The number of halogens is 1. The van der Waals surface area contributed by atoms with Gasteiger partial charge in [0.25, 0.3) is 0 Å². The van der Waals surface area contributed by atoms with Crippen molar-refractivity contribution in [3.05, 3.63) is 15.5 Å². The third-order valence-electron chi connectivity index (χ3n) is 2.49. The molecule has 0 amide bonds. The van der Waals surface area contributed by atoms with E-state index in [0.29, 0.717) is 10.9 Å². The Hall–Kier alpha value is -0.160. The van der Waals surface area contributed by atoms with Crippen molar-refractivity contribution in [2.45, 2.75) is 39.8 Å². The van der Waals surface area contributed by atoms with Gasteiger partial charge in [0.1, 0.15) is 9.34 Å². The lowest BCUT2D eigenvalue weighted by molar-refractivity contribution is 0.196. The van der Waals surface area contributed by atoms with Gasteiger partial charge in [0.15, 0.2) is 0 Å². The second-order valence-electron chi connectivity index (χ2n) is 4.87. The van der Waals surface area contributed by atoms with Gasteiger partial charge in [-0.25, -0.2) is 4.98 Å². The fourth-order valence-electron chi connectivity index (χ4n) is 1.55. The first-order valence-electron chi connectivity index (χ1n) is 5.38. The number of aliphatic hydroxyl groups excluding tert-OH is 1. The van der Waals surface area contributed by atoms with Gasteiger partial charge in [-0.2, -0.15) is 0 Å². The Labute approximate surface area is 106 Å². The van der Waals surface area contributed by atoms with Crippen LogP contribution in [0.5, 0.6) is 0 Å². The molecule has 3 nitrogen and oxygen atoms in total. The van der Waals surface area contributed by atoms with Gasteiger partial charge >= 0.3 is 0 Å². The van der Waals surface area contributed by atoms with Gasteiger partial charge in [-0.3, -0.25) is 0 Å². The number of hydrogen-bond donors (Lipinski definition) is 2. The first-order chi connectivity index (χ1) is 7.43. The summed E-state index contributed by atoms with van der Waals surface area (Å²) in [7, 11) is 0. The third kappa shape index (κ3) is 4.37. The minimum absolute atomic E-state index is 0.129. The van der Waals surface area contributed by atoms with E-state index in [9.17, 15) is 0 Å². The highest BCUT2D eigenvalue weighted by molar-refractivity contribution is 7.15. The predicted molar refractivity (Wildman–Crippen MR) is 68.9 cm³/mol. The molecule has 1 rings (SSSR count). The SMILES string of the molecule is CC(C)(C)C(CCO)NCc1ncc(Cl)s1. The van der Waals surface area contributed by atoms with Crippen molar-refractivity contribution in [1.29, 1.82) is 0 Å². The highest BCUT2D eigenvalue weighted by Crippen LogP contribution is 2.23. The van der Waals surface area contributed by atoms with Crippen LogP contribution in [0.4, 0.5) is 0 Å². The van der Waals surface area contributed by atoms with Gasteiger partial charge in [0.2, 0.25) is 0 Å². The minimum Gasteiger partial charge on any atom is -0.396 e. The molecule has 0 saturated heterocycles. The Kier molecular flexibility index (Phi) is 5.18. The van der Waals surface area contributed by atoms with E-state index in [1.165, 1.54) is 11.3 Å². The molecule has 0 saturated carbocycles. The number of nitrogens with zero attached hydrogens (tertiary/aromatic N) is 1. The Morgan fingerprint density at radius 2 is 2.25 bits per heavy atom. The van der Waals surface area contributed by atoms with E-state index in [1.54, 1.807) is 6.20 Å². The van der Waals surface area contributed by atoms with E-state index < -0.39 is 0 Å². The van der Waals surface area contributed by atoms with Crippen molar-refractivity contribution in [3.63, 3.8) is 0 Å². The first-order valence-corrected chi connectivity index (χ1v) is 6.57. The molecular weight excluding hydrogens is 244 g/mol. The molecule has 0 bridgehead atoms. The van der Waals surface area contributed by atoms with Crippen LogP contribution in [0.3, 0.4) is 0 Å². The van der Waals surface area contributed by atoms with E-state index in [0.717, 1.165) is 11.4 Å². The van der Waals surface area contributed by atoms with Crippen LogP contribution in [0.25, 0.3) is 0 Å². The molecule has 92 valence electrons. The fraction of sp³-hybridized carbons (Fsp3) is 0.727. The zero-order chi connectivity index (χ0) is 12.2. The summed E-state index contributed by atoms with van der Waals surface area (Å²) in [6.07, 6.45) is 2.42. The summed E-state index contributed by atoms with van der Waals surface area (Å²) in [5.41, 5.74) is 0.129. The molecule has 2 N–H and O–H groups in total. The predicted octanol–water partition coefficient (Wildman–Crippen LogP) is 2.68. The molecule has 0 aliphatic carbocycles. The number of aliphatic hydroxyl groups is 1. The molecular formula is C11H19ClN2OS. The molecule has 5 heteroatoms. The Morgan fingerprint density at radius 1 is 1.56 bits per heavy atom. The van der Waals surface area contributed by atoms with Crippen LogP contribution in [0, 0.1) is 5.41 Å². The lowest BCUT2D eigenvalue weighted by Crippen LogP contribution is -2.40. The van der Waals surface area contributed by atoms with Gasteiger partial charge in [0.05, 0.1) is 6.20 Å². The zero-order valence-electron chi connectivity index (χ0n) is 9.96. The van der Waals surface area contributed by atoms with E-state index >= 15 is 0 Å². The van der Waals surface area contributed by atoms with Crippen molar-refractivity contribution in [1.82, 2.24) is 10.3 Å². The van der Waals surface area contributed by atoms with Gasteiger partial charge < -0.3 is 10.4 Å². The van der Waals surface area contributed by atoms with Gasteiger partial charge in [0, 0.05) is 19.2 Å². The molecule has 1 atom stereocenters. The Balaban J connectivity index is 2.50. The Morgan fingerprint density at radius 3 is 2.69 bits per heavy atom. The normalized spacial score (nSPS) is 14.1. The molecule has 1 heterocycles. The molecule has 0 aliphatic rings. The quantitative estimate of drug-likeness (QED) is 0.858. The van der Waals surface area contributed by atoms with Crippen molar-refractivity contribution >= 4 is 22.9 Å². The molecule has 1 aromatic rings. The lowest BCUT2D eigenvalue weighted by Gasteiger charge is -2.31. The second-order valence-corrected chi connectivity index (χ2v) is 6.62. The van der Waals surface area contributed by atoms with Crippen molar-refractivity contribution < 1.29 is 5.11 Å². The number of aromatic nitrogens is 1. The molecule has 0 fully saturated rings. The van der Waals surface area contributed by atoms with Crippen LogP contribution in [0.1, 0.15) is 32.2 Å². The first kappa shape index (κ1) is 13.9.